The summed E-state index contributed by atoms with van der Waals surface area (Å²) in [4.78, 5) is 22.8. The molecule has 1 aliphatic rings. The Morgan fingerprint density at radius 3 is 2.64 bits per heavy atom. The fraction of sp³-hybridized carbons (Fsp3) is 0.429. The van der Waals surface area contributed by atoms with Crippen LogP contribution in [0.3, 0.4) is 0 Å². The molecule has 0 spiro atoms. The van der Waals surface area contributed by atoms with Gasteiger partial charge in [0.25, 0.3) is 0 Å². The molecular weight excluding hydrogens is 310 g/mol. The Balaban J connectivity index is 2.55. The maximum atomic E-state index is 12.8. The largest absolute Gasteiger partial charge is 0.480 e. The first kappa shape index (κ1) is 16.4. The number of nitrogens with zero attached hydrogens (tertiary/aromatic N) is 1. The van der Waals surface area contributed by atoms with Crippen molar-refractivity contribution in [1.82, 2.24) is 4.31 Å². The van der Waals surface area contributed by atoms with Crippen LogP contribution in [-0.4, -0.2) is 49.5 Å². The number of sulfonamides is 1. The lowest BCUT2D eigenvalue weighted by atomic mass is 10.1. The molecular formula is C14H17NO6S. The van der Waals surface area contributed by atoms with Crippen molar-refractivity contribution in [3.63, 3.8) is 0 Å². The second-order valence-electron chi connectivity index (χ2n) is 5.10. The zero-order chi connectivity index (χ0) is 16.5. The smallest absolute Gasteiger partial charge is 0.339 e. The number of aliphatic carboxylic acids is 1. The van der Waals surface area contributed by atoms with Crippen molar-refractivity contribution < 1.29 is 27.9 Å². The number of carbonyl (C=O) groups is 2. The second kappa shape index (κ2) is 6.05. The molecule has 2 rings (SSSR count). The summed E-state index contributed by atoms with van der Waals surface area (Å²) in [6, 6.07) is 3.20. The van der Waals surface area contributed by atoms with Crippen LogP contribution in [-0.2, 0) is 19.6 Å². The van der Waals surface area contributed by atoms with Crippen molar-refractivity contribution in [3.05, 3.63) is 29.3 Å². The zero-order valence-corrected chi connectivity index (χ0v) is 13.1. The molecule has 22 heavy (non-hydrogen) atoms. The number of methoxy groups -OCH3 is 1. The third-order valence-electron chi connectivity index (χ3n) is 3.62. The first-order valence-electron chi connectivity index (χ1n) is 6.72. The van der Waals surface area contributed by atoms with Crippen molar-refractivity contribution in [2.45, 2.75) is 30.7 Å². The van der Waals surface area contributed by atoms with E-state index in [2.05, 4.69) is 4.74 Å². The lowest BCUT2D eigenvalue weighted by Gasteiger charge is -2.22. The number of hydrogen-bond acceptors (Lipinski definition) is 5. The first-order valence-corrected chi connectivity index (χ1v) is 8.16. The number of hydrogen-bond donors (Lipinski definition) is 1. The molecule has 1 atom stereocenters. The van der Waals surface area contributed by atoms with E-state index in [4.69, 9.17) is 5.11 Å². The number of carboxylic acids is 1. The van der Waals surface area contributed by atoms with Crippen LogP contribution in [0.2, 0.25) is 0 Å². The maximum absolute atomic E-state index is 12.8. The third-order valence-corrected chi connectivity index (χ3v) is 5.58. The van der Waals surface area contributed by atoms with Crippen molar-refractivity contribution in [3.8, 4) is 0 Å². The van der Waals surface area contributed by atoms with Gasteiger partial charge in [-0.3, -0.25) is 4.79 Å². The molecule has 1 unspecified atom stereocenters. The molecule has 7 nitrogen and oxygen atoms in total. The standard InChI is InChI=1S/C14H17NO6S/c1-9-5-6-12(10(8-9)14(18)21-2)22(19,20)15-7-3-4-11(15)13(16)17/h5-6,8,11H,3-4,7H2,1-2H3,(H,16,17). The average molecular weight is 327 g/mol. The van der Waals surface area contributed by atoms with E-state index < -0.39 is 28.0 Å². The Labute approximate surface area is 128 Å². The summed E-state index contributed by atoms with van der Waals surface area (Å²) in [5.41, 5.74) is 0.620. The van der Waals surface area contributed by atoms with Crippen molar-refractivity contribution in [1.29, 1.82) is 0 Å². The van der Waals surface area contributed by atoms with E-state index in [0.29, 0.717) is 12.0 Å². The van der Waals surface area contributed by atoms with Crippen LogP contribution < -0.4 is 0 Å². The van der Waals surface area contributed by atoms with Crippen molar-refractivity contribution in [2.75, 3.05) is 13.7 Å². The molecule has 1 aromatic rings. The Morgan fingerprint density at radius 1 is 1.36 bits per heavy atom. The van der Waals surface area contributed by atoms with Gasteiger partial charge in [-0.2, -0.15) is 4.31 Å². The van der Waals surface area contributed by atoms with Crippen LogP contribution in [0.4, 0.5) is 0 Å². The van der Waals surface area contributed by atoms with Crippen LogP contribution in [0.15, 0.2) is 23.1 Å². The van der Waals surface area contributed by atoms with Crippen molar-refractivity contribution >= 4 is 22.0 Å². The lowest BCUT2D eigenvalue weighted by Crippen LogP contribution is -2.40. The Hall–Kier alpha value is -1.93. The van der Waals surface area contributed by atoms with Crippen molar-refractivity contribution in [2.24, 2.45) is 0 Å². The SMILES string of the molecule is COC(=O)c1cc(C)ccc1S(=O)(=O)N1CCCC1C(=O)O. The quantitative estimate of drug-likeness (QED) is 0.829. The molecule has 1 aromatic carbocycles. The van der Waals surface area contributed by atoms with Gasteiger partial charge in [-0.1, -0.05) is 11.6 Å². The summed E-state index contributed by atoms with van der Waals surface area (Å²) in [6.07, 6.45) is 0.726. The Kier molecular flexibility index (Phi) is 4.52. The van der Waals surface area contributed by atoms with Gasteiger partial charge in [-0.25, -0.2) is 13.2 Å². The van der Waals surface area contributed by atoms with Gasteiger partial charge < -0.3 is 9.84 Å². The Morgan fingerprint density at radius 2 is 2.05 bits per heavy atom. The monoisotopic (exact) mass is 327 g/mol. The molecule has 1 heterocycles. The van der Waals surface area contributed by atoms with Gasteiger partial charge in [0.05, 0.1) is 17.6 Å². The van der Waals surface area contributed by atoms with Gasteiger partial charge in [0.1, 0.15) is 6.04 Å². The molecule has 0 aromatic heterocycles. The van der Waals surface area contributed by atoms with Gasteiger partial charge in [0.15, 0.2) is 0 Å². The minimum atomic E-state index is -4.08. The van der Waals surface area contributed by atoms with Gasteiger partial charge in [0.2, 0.25) is 10.0 Å². The number of ether oxygens (including phenoxy) is 1. The molecule has 0 bridgehead atoms. The van der Waals surface area contributed by atoms with Crippen LogP contribution in [0.25, 0.3) is 0 Å². The average Bonchev–Trinajstić information content (AvgIpc) is 2.96. The predicted octanol–water partition coefficient (Wildman–Crippen LogP) is 1.02. The van der Waals surface area contributed by atoms with Crippen LogP contribution in [0.5, 0.6) is 0 Å². The fourth-order valence-electron chi connectivity index (χ4n) is 2.54. The van der Waals surface area contributed by atoms with E-state index in [-0.39, 0.29) is 23.4 Å². The molecule has 120 valence electrons. The normalized spacial score (nSPS) is 19.1. The van der Waals surface area contributed by atoms with Crippen LogP contribution in [0, 0.1) is 6.92 Å². The van der Waals surface area contributed by atoms with Gasteiger partial charge in [-0.05, 0) is 31.9 Å². The highest BCUT2D eigenvalue weighted by molar-refractivity contribution is 7.89. The molecule has 0 saturated carbocycles. The number of aryl methyl sites for hydroxylation is 1. The number of esters is 1. The third kappa shape index (κ3) is 2.84. The number of carbonyl (C=O) groups excluding carboxylic acids is 1. The molecule has 1 saturated heterocycles. The summed E-state index contributed by atoms with van der Waals surface area (Å²) in [7, 11) is -2.92. The lowest BCUT2D eigenvalue weighted by molar-refractivity contribution is -0.140. The second-order valence-corrected chi connectivity index (χ2v) is 6.96. The fourth-order valence-corrected chi connectivity index (χ4v) is 4.35. The summed E-state index contributed by atoms with van der Waals surface area (Å²) in [6.45, 7) is 1.84. The van der Waals surface area contributed by atoms with E-state index in [1.165, 1.54) is 12.1 Å². The van der Waals surface area contributed by atoms with Gasteiger partial charge in [-0.15, -0.1) is 0 Å². The highest BCUT2D eigenvalue weighted by Crippen LogP contribution is 2.29. The van der Waals surface area contributed by atoms with Gasteiger partial charge >= 0.3 is 11.9 Å². The van der Waals surface area contributed by atoms with Crippen LogP contribution in [0.1, 0.15) is 28.8 Å². The Bertz CT molecular complexity index is 712. The predicted molar refractivity (Wildman–Crippen MR) is 77.1 cm³/mol. The molecule has 0 amide bonds. The minimum Gasteiger partial charge on any atom is -0.480 e. The maximum Gasteiger partial charge on any atom is 0.339 e. The van der Waals surface area contributed by atoms with E-state index in [9.17, 15) is 18.0 Å². The summed E-state index contributed by atoms with van der Waals surface area (Å²) < 4.78 is 31.1. The molecule has 8 heteroatoms. The molecule has 0 aliphatic carbocycles. The van der Waals surface area contributed by atoms with Crippen LogP contribution >= 0.6 is 0 Å². The van der Waals surface area contributed by atoms with E-state index in [1.54, 1.807) is 13.0 Å². The summed E-state index contributed by atoms with van der Waals surface area (Å²) >= 11 is 0. The number of carboxylic acid groups (broad SMARTS) is 1. The van der Waals surface area contributed by atoms with E-state index >= 15 is 0 Å². The van der Waals surface area contributed by atoms with E-state index in [0.717, 1.165) is 11.4 Å². The highest BCUT2D eigenvalue weighted by Gasteiger charge is 2.40. The minimum absolute atomic E-state index is 0.0847. The molecule has 1 N–H and O–H groups in total. The highest BCUT2D eigenvalue weighted by atomic mass is 32.2. The van der Waals surface area contributed by atoms with Gasteiger partial charge in [0, 0.05) is 6.54 Å². The first-order chi connectivity index (χ1) is 10.3. The summed E-state index contributed by atoms with van der Waals surface area (Å²) in [5, 5.41) is 9.16. The molecule has 0 radical (unpaired) electrons. The van der Waals surface area contributed by atoms with E-state index in [1.807, 2.05) is 0 Å². The molecule has 1 aliphatic heterocycles. The number of benzene rings is 1. The molecule has 1 fully saturated rings. The zero-order valence-electron chi connectivity index (χ0n) is 12.3. The topological polar surface area (TPSA) is 101 Å². The number of rotatable bonds is 4. The summed E-state index contributed by atoms with van der Waals surface area (Å²) in [5.74, 6) is -1.96.